The molecule has 9 nitrogen and oxygen atoms in total. The number of benzene rings is 1. The minimum atomic E-state index is -0.817. The van der Waals surface area contributed by atoms with Crippen molar-refractivity contribution < 1.29 is 38.8 Å². The molecule has 0 aromatic heterocycles. The number of esters is 3. The molecule has 3 heterocycles. The van der Waals surface area contributed by atoms with E-state index in [2.05, 4.69) is 18.4 Å². The van der Waals surface area contributed by atoms with E-state index in [0.717, 1.165) is 12.0 Å². The molecule has 9 fully saturated rings. The van der Waals surface area contributed by atoms with E-state index in [0.29, 0.717) is 18.4 Å². The molecule has 212 valence electrons. The van der Waals surface area contributed by atoms with E-state index in [1.54, 1.807) is 24.3 Å². The number of carbonyl (C=O) groups is 3. The Morgan fingerprint density at radius 3 is 2.38 bits per heavy atom. The number of piperidine rings is 2. The molecule has 40 heavy (non-hydrogen) atoms. The van der Waals surface area contributed by atoms with E-state index in [1.165, 1.54) is 13.8 Å². The van der Waals surface area contributed by atoms with E-state index in [9.17, 15) is 24.6 Å². The maximum absolute atomic E-state index is 13.4. The van der Waals surface area contributed by atoms with Crippen molar-refractivity contribution in [2.45, 2.75) is 82.8 Å². The van der Waals surface area contributed by atoms with Crippen LogP contribution in [-0.4, -0.2) is 75.7 Å². The number of hydrogen-bond acceptors (Lipinski definition) is 9. The third-order valence-electron chi connectivity index (χ3n) is 12.3. The molecule has 3 saturated heterocycles. The average molecular weight is 550 g/mol. The van der Waals surface area contributed by atoms with Crippen LogP contribution in [0.15, 0.2) is 42.5 Å². The zero-order valence-electron chi connectivity index (χ0n) is 22.9. The predicted molar refractivity (Wildman–Crippen MR) is 138 cm³/mol. The fourth-order valence-electron chi connectivity index (χ4n) is 12.0. The highest BCUT2D eigenvalue weighted by molar-refractivity contribution is 5.89. The van der Waals surface area contributed by atoms with Crippen LogP contribution in [0.3, 0.4) is 0 Å². The molecule has 9 heteroatoms. The molecule has 1 aromatic rings. The van der Waals surface area contributed by atoms with Crippen LogP contribution in [0.1, 0.15) is 50.4 Å². The van der Waals surface area contributed by atoms with Crippen LogP contribution in [0, 0.1) is 39.9 Å². The van der Waals surface area contributed by atoms with Gasteiger partial charge in [0.25, 0.3) is 0 Å². The van der Waals surface area contributed by atoms with Gasteiger partial charge in [-0.15, -0.1) is 0 Å². The topological polar surface area (TPSA) is 123 Å². The molecule has 2 spiro atoms. The second-order valence-corrected chi connectivity index (χ2v) is 13.7. The molecular formula is C31H35NO8. The number of rotatable bonds is 4. The molecule has 0 amide bonds. The first-order valence-electron chi connectivity index (χ1n) is 14.4. The molecule has 10 rings (SSSR count). The SMILES string of the molecule is C=C1C[C@@]23C[C@H]4[C@@H]5[C@@]6(C)C[C@H](OC(=O)c7ccccc7)[C@@H](OC(C)=O)[C@@]57[C@@H]2[C@H](OC(C)=O)[C@@H]1[C@@H](O)[C@@H]3[C@H]7N4[C@@H]6O. The highest BCUT2D eigenvalue weighted by Crippen LogP contribution is 2.88. The van der Waals surface area contributed by atoms with Crippen molar-refractivity contribution in [2.24, 2.45) is 39.9 Å². The summed E-state index contributed by atoms with van der Waals surface area (Å²) in [5, 5.41) is 23.8. The van der Waals surface area contributed by atoms with Gasteiger partial charge >= 0.3 is 17.9 Å². The third-order valence-corrected chi connectivity index (χ3v) is 12.3. The smallest absolute Gasteiger partial charge is 0.338 e. The van der Waals surface area contributed by atoms with Crippen molar-refractivity contribution in [1.29, 1.82) is 0 Å². The molecule has 6 saturated carbocycles. The summed E-state index contributed by atoms with van der Waals surface area (Å²) in [7, 11) is 0. The summed E-state index contributed by atoms with van der Waals surface area (Å²) in [6.07, 6.45) is -2.10. The predicted octanol–water partition coefficient (Wildman–Crippen LogP) is 2.06. The van der Waals surface area contributed by atoms with Gasteiger partial charge in [0.2, 0.25) is 0 Å². The Bertz CT molecular complexity index is 1360. The molecule has 1 aromatic carbocycles. The second-order valence-electron chi connectivity index (χ2n) is 13.7. The molecule has 9 aliphatic rings. The van der Waals surface area contributed by atoms with Crippen molar-refractivity contribution in [3.05, 3.63) is 48.0 Å². The van der Waals surface area contributed by atoms with E-state index in [-0.39, 0.29) is 29.8 Å². The molecule has 2 N–H and O–H groups in total. The van der Waals surface area contributed by atoms with Gasteiger partial charge in [0.15, 0.2) is 0 Å². The Morgan fingerprint density at radius 1 is 1.00 bits per heavy atom. The molecule has 6 aliphatic carbocycles. The Kier molecular flexibility index (Phi) is 4.72. The Morgan fingerprint density at radius 2 is 1.70 bits per heavy atom. The summed E-state index contributed by atoms with van der Waals surface area (Å²) in [4.78, 5) is 40.9. The van der Waals surface area contributed by atoms with Crippen molar-refractivity contribution in [3.8, 4) is 0 Å². The zero-order chi connectivity index (χ0) is 28.1. The van der Waals surface area contributed by atoms with Crippen molar-refractivity contribution in [1.82, 2.24) is 4.90 Å². The Hall–Kier alpha value is -2.75. The Balaban J connectivity index is 1.34. The number of hydrogen-bond donors (Lipinski definition) is 2. The minimum Gasteiger partial charge on any atom is -0.461 e. The number of aliphatic hydroxyl groups is 2. The third kappa shape index (κ3) is 2.51. The minimum absolute atomic E-state index is 0.0222. The molecular weight excluding hydrogens is 514 g/mol. The zero-order valence-corrected chi connectivity index (χ0v) is 22.9. The van der Waals surface area contributed by atoms with Crippen LogP contribution in [0.5, 0.6) is 0 Å². The number of aliphatic hydroxyl groups excluding tert-OH is 2. The fourth-order valence-corrected chi connectivity index (χ4v) is 12.0. The van der Waals surface area contributed by atoms with Crippen molar-refractivity contribution in [2.75, 3.05) is 0 Å². The van der Waals surface area contributed by atoms with Gasteiger partial charge in [0.05, 0.1) is 11.7 Å². The van der Waals surface area contributed by atoms with E-state index in [4.69, 9.17) is 14.2 Å². The van der Waals surface area contributed by atoms with Crippen LogP contribution < -0.4 is 0 Å². The van der Waals surface area contributed by atoms with Gasteiger partial charge in [-0.3, -0.25) is 14.5 Å². The summed E-state index contributed by atoms with van der Waals surface area (Å²) in [5.74, 6) is -2.40. The maximum atomic E-state index is 13.4. The van der Waals surface area contributed by atoms with E-state index in [1.807, 2.05) is 6.07 Å². The first kappa shape index (κ1) is 25.0. The lowest BCUT2D eigenvalue weighted by atomic mass is 9.39. The van der Waals surface area contributed by atoms with Crippen molar-refractivity contribution >= 4 is 17.9 Å². The van der Waals surface area contributed by atoms with Crippen LogP contribution in [0.2, 0.25) is 0 Å². The standard InChI is InChI=1S/C31H35NO8/c1-13-10-30-11-17-23-29(4)12-18(40-27(36)16-8-6-5-7-9-16)26(39-15(3)34)31(23)24(30)22(38-14(2)33)19(13)21(35)20(30)25(31)32(17)28(29)37/h5-9,17-26,28,35,37H,1,10-12H2,2-4H3/t17-,18-,19-,20+,21+,22+,23+,24+,25+,26+,28+,29+,30-,31+/m0/s1. The Labute approximate surface area is 232 Å². The average Bonchev–Trinajstić information content (AvgIpc) is 3.28. The van der Waals surface area contributed by atoms with Crippen LogP contribution in [0.4, 0.5) is 0 Å². The first-order valence-corrected chi connectivity index (χ1v) is 14.4. The van der Waals surface area contributed by atoms with Gasteiger partial charge in [-0.05, 0) is 42.7 Å². The van der Waals surface area contributed by atoms with Crippen LogP contribution >= 0.6 is 0 Å². The molecule has 9 bridgehead atoms. The van der Waals surface area contributed by atoms with Gasteiger partial charge in [-0.2, -0.15) is 0 Å². The monoisotopic (exact) mass is 549 g/mol. The lowest BCUT2D eigenvalue weighted by Gasteiger charge is -2.67. The van der Waals surface area contributed by atoms with Gasteiger partial charge < -0.3 is 24.4 Å². The second kappa shape index (κ2) is 7.55. The van der Waals surface area contributed by atoms with E-state index >= 15 is 0 Å². The molecule has 1 unspecified atom stereocenters. The summed E-state index contributed by atoms with van der Waals surface area (Å²) in [6, 6.07) is 8.42. The largest absolute Gasteiger partial charge is 0.461 e. The van der Waals surface area contributed by atoms with Gasteiger partial charge in [-0.25, -0.2) is 4.79 Å². The molecule has 15 atom stereocenters. The summed E-state index contributed by atoms with van der Waals surface area (Å²) in [5.41, 5.74) is -0.558. The lowest BCUT2D eigenvalue weighted by molar-refractivity contribution is -0.266. The number of ether oxygens (including phenoxy) is 3. The fraction of sp³-hybridized carbons (Fsp3) is 0.645. The lowest BCUT2D eigenvalue weighted by Crippen LogP contribution is -2.72. The highest BCUT2D eigenvalue weighted by atomic mass is 16.6. The normalized spacial score (nSPS) is 53.5. The molecule has 3 aliphatic heterocycles. The van der Waals surface area contributed by atoms with Gasteiger partial charge in [-0.1, -0.05) is 37.3 Å². The molecule has 0 radical (unpaired) electrons. The number of fused-ring (bicyclic) bond motifs is 1. The number of carbonyl (C=O) groups excluding carboxylic acids is 3. The summed E-state index contributed by atoms with van der Waals surface area (Å²) in [6.45, 7) is 9.13. The summed E-state index contributed by atoms with van der Waals surface area (Å²) >= 11 is 0. The van der Waals surface area contributed by atoms with Crippen LogP contribution in [0.25, 0.3) is 0 Å². The van der Waals surface area contributed by atoms with Crippen LogP contribution in [-0.2, 0) is 23.8 Å². The maximum Gasteiger partial charge on any atom is 0.338 e. The van der Waals surface area contributed by atoms with Gasteiger partial charge in [0.1, 0.15) is 24.5 Å². The highest BCUT2D eigenvalue weighted by Gasteiger charge is 2.94. The number of nitrogens with zero attached hydrogens (tertiary/aromatic N) is 1. The van der Waals surface area contributed by atoms with Crippen molar-refractivity contribution in [3.63, 3.8) is 0 Å². The quantitative estimate of drug-likeness (QED) is 0.330. The van der Waals surface area contributed by atoms with E-state index < -0.39 is 70.7 Å². The first-order chi connectivity index (χ1) is 19.0. The van der Waals surface area contributed by atoms with Gasteiger partial charge in [0, 0.05) is 54.5 Å². The summed E-state index contributed by atoms with van der Waals surface area (Å²) < 4.78 is 18.6.